The number of hydrogen-bond acceptors (Lipinski definition) is 4. The van der Waals surface area contributed by atoms with Gasteiger partial charge in [0.15, 0.2) is 7.15 Å². The van der Waals surface area contributed by atoms with Crippen LogP contribution in [0.15, 0.2) is 0 Å². The highest BCUT2D eigenvalue weighted by atomic mass is 32.8. The molecule has 116 valence electrons. The maximum atomic E-state index is 12.1. The molecule has 1 aliphatic rings. The van der Waals surface area contributed by atoms with E-state index in [2.05, 4.69) is 10.4 Å². The summed E-state index contributed by atoms with van der Waals surface area (Å²) in [5.74, 6) is -0.167. The Kier molecular flexibility index (Phi) is 6.51. The number of carbonyl (C=O) groups is 3. The van der Waals surface area contributed by atoms with Crippen molar-refractivity contribution >= 4 is 35.6 Å². The molecule has 1 fully saturated rings. The molecule has 0 bridgehead atoms. The molecule has 0 aromatic rings. The predicted molar refractivity (Wildman–Crippen MR) is 78.7 cm³/mol. The van der Waals surface area contributed by atoms with E-state index in [1.165, 1.54) is 11.8 Å². The Morgan fingerprint density at radius 2 is 2.25 bits per heavy atom. The topological polar surface area (TPSA) is 116 Å². The molecule has 0 radical (unpaired) electrons. The number of carboxylic acids is 1. The number of nitrogens with one attached hydrogen (secondary N) is 2. The van der Waals surface area contributed by atoms with Crippen LogP contribution >= 0.6 is 17.7 Å². The molecule has 1 aliphatic heterocycles. The molecule has 1 heterocycles. The Morgan fingerprint density at radius 3 is 2.70 bits per heavy atom. The van der Waals surface area contributed by atoms with Gasteiger partial charge in [0.25, 0.3) is 0 Å². The first-order valence-electron chi connectivity index (χ1n) is 6.22. The average molecular weight is 325 g/mol. The summed E-state index contributed by atoms with van der Waals surface area (Å²) >= 11 is 0. The van der Waals surface area contributed by atoms with E-state index < -0.39 is 35.7 Å². The van der Waals surface area contributed by atoms with Gasteiger partial charge < -0.3 is 10.0 Å². The fourth-order valence-corrected chi connectivity index (χ4v) is 6.51. The normalized spacial score (nSPS) is 20.5. The Bertz CT molecular complexity index is 433. The maximum Gasteiger partial charge on any atom is 0.324 e. The second-order valence-corrected chi connectivity index (χ2v) is 10.5. The standard InChI is InChI=1S/C10H20N3O5PS/c1-3-20(19(18)12-7(2)9(15)16)5-4-13-6-8(14)11-10(13)17/h7,19-20H,3-6H2,1-2H3,(H,12,18)(H,15,16)(H,11,14,17)/t7-/m0/s1. The molecular weight excluding hydrogens is 305 g/mol. The van der Waals surface area contributed by atoms with E-state index in [0.717, 1.165) is 0 Å². The lowest BCUT2D eigenvalue weighted by Gasteiger charge is -2.23. The molecule has 0 aromatic heterocycles. The quantitative estimate of drug-likeness (QED) is 0.284. The highest BCUT2D eigenvalue weighted by Gasteiger charge is 2.27. The smallest absolute Gasteiger partial charge is 0.324 e. The molecule has 10 heteroatoms. The first-order valence-corrected chi connectivity index (χ1v) is 10.2. The van der Waals surface area contributed by atoms with Crippen molar-refractivity contribution in [3.63, 3.8) is 0 Å². The largest absolute Gasteiger partial charge is 0.480 e. The molecule has 0 spiro atoms. The fraction of sp³-hybridized carbons (Fsp3) is 0.700. The van der Waals surface area contributed by atoms with E-state index in [1.54, 1.807) is 0 Å². The van der Waals surface area contributed by atoms with E-state index in [1.807, 2.05) is 6.92 Å². The number of hydrogen-bond donors (Lipinski definition) is 4. The molecule has 2 unspecified atom stereocenters. The van der Waals surface area contributed by atoms with Gasteiger partial charge in [0, 0.05) is 6.54 Å². The van der Waals surface area contributed by atoms with Gasteiger partial charge in [-0.05, 0) is 18.4 Å². The minimum absolute atomic E-state index is 0.0333. The van der Waals surface area contributed by atoms with Gasteiger partial charge in [0.05, 0.1) is 0 Å². The first-order chi connectivity index (χ1) is 9.35. The summed E-state index contributed by atoms with van der Waals surface area (Å²) in [5, 5.41) is 13.6. The van der Waals surface area contributed by atoms with Gasteiger partial charge in [0.1, 0.15) is 12.6 Å². The Balaban J connectivity index is 2.46. The zero-order chi connectivity index (χ0) is 15.3. The predicted octanol–water partition coefficient (Wildman–Crippen LogP) is 0.0117. The summed E-state index contributed by atoms with van der Waals surface area (Å²) in [6, 6.07) is -1.28. The van der Waals surface area contributed by atoms with Gasteiger partial charge in [-0.3, -0.25) is 19.5 Å². The molecule has 0 aromatic carbocycles. The minimum Gasteiger partial charge on any atom is -0.480 e. The lowest BCUT2D eigenvalue weighted by molar-refractivity contribution is -0.138. The molecule has 0 aliphatic carbocycles. The summed E-state index contributed by atoms with van der Waals surface area (Å²) in [4.78, 5) is 34.5. The SMILES string of the molecule is CC[SH](CCN1CC(=O)NC1=O)[PH](=O)N[C@@H](C)C(=O)O. The third kappa shape index (κ3) is 4.81. The van der Waals surface area contributed by atoms with Crippen LogP contribution in [0.5, 0.6) is 0 Å². The van der Waals surface area contributed by atoms with Gasteiger partial charge >= 0.3 is 12.0 Å². The van der Waals surface area contributed by atoms with Crippen LogP contribution in [-0.2, 0) is 14.2 Å². The molecule has 1 saturated heterocycles. The van der Waals surface area contributed by atoms with Crippen LogP contribution in [-0.4, -0.2) is 58.6 Å². The van der Waals surface area contributed by atoms with E-state index in [-0.39, 0.29) is 12.5 Å². The number of carbonyl (C=O) groups excluding carboxylic acids is 2. The summed E-state index contributed by atoms with van der Waals surface area (Å²) in [6.45, 7) is 3.72. The second kappa shape index (κ2) is 7.66. The van der Waals surface area contributed by atoms with Crippen LogP contribution in [0.1, 0.15) is 13.8 Å². The Morgan fingerprint density at radius 1 is 1.60 bits per heavy atom. The van der Waals surface area contributed by atoms with Gasteiger partial charge in [-0.1, -0.05) is 6.92 Å². The third-order valence-electron chi connectivity index (χ3n) is 2.89. The van der Waals surface area contributed by atoms with Crippen LogP contribution in [0.3, 0.4) is 0 Å². The molecule has 3 amide bonds. The van der Waals surface area contributed by atoms with Crippen LogP contribution in [0.2, 0.25) is 0 Å². The second-order valence-electron chi connectivity index (χ2n) is 4.36. The van der Waals surface area contributed by atoms with E-state index in [4.69, 9.17) is 5.11 Å². The minimum atomic E-state index is -2.20. The number of thiol groups is 1. The molecule has 1 rings (SSSR count). The zero-order valence-corrected chi connectivity index (χ0v) is 13.3. The van der Waals surface area contributed by atoms with Crippen LogP contribution < -0.4 is 10.4 Å². The van der Waals surface area contributed by atoms with Crippen molar-refractivity contribution in [1.82, 2.24) is 15.3 Å². The van der Waals surface area contributed by atoms with Crippen molar-refractivity contribution in [1.29, 1.82) is 0 Å². The lowest BCUT2D eigenvalue weighted by atomic mass is 10.4. The summed E-state index contributed by atoms with van der Waals surface area (Å²) in [6.07, 6.45) is 0. The van der Waals surface area contributed by atoms with Crippen molar-refractivity contribution in [3.8, 4) is 0 Å². The number of rotatable bonds is 8. The van der Waals surface area contributed by atoms with Crippen molar-refractivity contribution in [2.45, 2.75) is 19.9 Å². The van der Waals surface area contributed by atoms with Gasteiger partial charge in [-0.15, -0.1) is 0 Å². The van der Waals surface area contributed by atoms with Crippen molar-refractivity contribution in [3.05, 3.63) is 0 Å². The Labute approximate surface area is 120 Å². The zero-order valence-electron chi connectivity index (χ0n) is 11.4. The number of carboxylic acid groups (broad SMARTS) is 1. The van der Waals surface area contributed by atoms with Crippen LogP contribution in [0, 0.1) is 0 Å². The monoisotopic (exact) mass is 325 g/mol. The van der Waals surface area contributed by atoms with Gasteiger partial charge in [-0.25, -0.2) is 9.88 Å². The number of urea groups is 1. The summed E-state index contributed by atoms with van der Waals surface area (Å²) < 4.78 is 12.1. The molecule has 8 nitrogen and oxygen atoms in total. The first kappa shape index (κ1) is 17.0. The molecule has 3 N–H and O–H groups in total. The van der Waals surface area contributed by atoms with Crippen LogP contribution in [0.25, 0.3) is 0 Å². The molecule has 3 atom stereocenters. The van der Waals surface area contributed by atoms with E-state index in [9.17, 15) is 18.9 Å². The number of imide groups is 1. The Hall–Kier alpha value is -1.05. The fourth-order valence-electron chi connectivity index (χ4n) is 1.65. The maximum absolute atomic E-state index is 12.1. The van der Waals surface area contributed by atoms with Crippen LogP contribution in [0.4, 0.5) is 4.79 Å². The lowest BCUT2D eigenvalue weighted by Crippen LogP contribution is -2.31. The molecule has 0 saturated carbocycles. The van der Waals surface area contributed by atoms with E-state index >= 15 is 0 Å². The number of amides is 3. The molecular formula is C10H20N3O5PS. The number of nitrogens with zero attached hydrogens (tertiary/aromatic N) is 1. The molecule has 20 heavy (non-hydrogen) atoms. The van der Waals surface area contributed by atoms with E-state index in [0.29, 0.717) is 18.1 Å². The van der Waals surface area contributed by atoms with Gasteiger partial charge in [-0.2, -0.15) is 10.5 Å². The average Bonchev–Trinajstić information content (AvgIpc) is 2.68. The number of aliphatic carboxylic acids is 1. The van der Waals surface area contributed by atoms with Crippen molar-refractivity contribution in [2.24, 2.45) is 0 Å². The van der Waals surface area contributed by atoms with Gasteiger partial charge in [0.2, 0.25) is 5.91 Å². The third-order valence-corrected chi connectivity index (χ3v) is 9.37. The highest BCUT2D eigenvalue weighted by Crippen LogP contribution is 2.49. The highest BCUT2D eigenvalue weighted by molar-refractivity contribution is 8.62. The van der Waals surface area contributed by atoms with Crippen molar-refractivity contribution < 1.29 is 24.1 Å². The summed E-state index contributed by atoms with van der Waals surface area (Å²) in [5.41, 5.74) is 0. The van der Waals surface area contributed by atoms with Crippen molar-refractivity contribution in [2.75, 3.05) is 24.6 Å². The summed E-state index contributed by atoms with van der Waals surface area (Å²) in [7, 11) is -3.09.